The van der Waals surface area contributed by atoms with E-state index in [2.05, 4.69) is 17.2 Å². The van der Waals surface area contributed by atoms with E-state index < -0.39 is 0 Å². The summed E-state index contributed by atoms with van der Waals surface area (Å²) >= 11 is 0. The molecule has 2 aromatic heterocycles. The second kappa shape index (κ2) is 5.01. The molecule has 0 spiro atoms. The van der Waals surface area contributed by atoms with Gasteiger partial charge in [-0.25, -0.2) is 4.98 Å². The summed E-state index contributed by atoms with van der Waals surface area (Å²) in [6, 6.07) is 3.95. The first-order chi connectivity index (χ1) is 8.24. The van der Waals surface area contributed by atoms with Gasteiger partial charge in [0.05, 0.1) is 18.6 Å². The van der Waals surface area contributed by atoms with Gasteiger partial charge >= 0.3 is 0 Å². The third kappa shape index (κ3) is 2.31. The Morgan fingerprint density at radius 2 is 2.29 bits per heavy atom. The van der Waals surface area contributed by atoms with Crippen LogP contribution in [0.4, 0.5) is 5.82 Å². The largest absolute Gasteiger partial charge is 0.472 e. The minimum absolute atomic E-state index is 0.0347. The second-order valence-corrected chi connectivity index (χ2v) is 3.97. The van der Waals surface area contributed by atoms with Crippen molar-refractivity contribution >= 4 is 5.82 Å². The zero-order valence-corrected chi connectivity index (χ0v) is 10.1. The van der Waals surface area contributed by atoms with Gasteiger partial charge in [-0.1, -0.05) is 6.92 Å². The van der Waals surface area contributed by atoms with E-state index in [0.717, 1.165) is 23.2 Å². The van der Waals surface area contributed by atoms with Crippen molar-refractivity contribution in [3.63, 3.8) is 0 Å². The molecule has 1 unspecified atom stereocenters. The summed E-state index contributed by atoms with van der Waals surface area (Å²) < 4.78 is 5.14. The predicted molar refractivity (Wildman–Crippen MR) is 67.6 cm³/mol. The molecule has 0 aliphatic heterocycles. The van der Waals surface area contributed by atoms with E-state index in [-0.39, 0.29) is 6.04 Å². The molecular weight excluding hydrogens is 214 g/mol. The average molecular weight is 231 g/mol. The predicted octanol–water partition coefficient (Wildman–Crippen LogP) is 2.26. The van der Waals surface area contributed by atoms with Gasteiger partial charge in [0.25, 0.3) is 0 Å². The first-order valence-electron chi connectivity index (χ1n) is 5.70. The van der Waals surface area contributed by atoms with E-state index >= 15 is 0 Å². The summed E-state index contributed by atoms with van der Waals surface area (Å²) in [5.74, 6) is 0.567. The van der Waals surface area contributed by atoms with Crippen LogP contribution in [0.5, 0.6) is 0 Å². The Bertz CT molecular complexity index is 459. The van der Waals surface area contributed by atoms with Gasteiger partial charge in [0.2, 0.25) is 0 Å². The molecule has 0 aromatic carbocycles. The van der Waals surface area contributed by atoms with Gasteiger partial charge in [0.15, 0.2) is 0 Å². The molecule has 3 N–H and O–H groups in total. The lowest BCUT2D eigenvalue weighted by Crippen LogP contribution is -2.23. The quantitative estimate of drug-likeness (QED) is 0.847. The van der Waals surface area contributed by atoms with E-state index in [4.69, 9.17) is 10.2 Å². The molecule has 0 saturated carbocycles. The molecule has 0 bridgehead atoms. The number of furan rings is 1. The van der Waals surface area contributed by atoms with Gasteiger partial charge in [-0.3, -0.25) is 0 Å². The molecule has 0 amide bonds. The summed E-state index contributed by atoms with van der Waals surface area (Å²) in [7, 11) is 0. The van der Waals surface area contributed by atoms with Gasteiger partial charge in [0.1, 0.15) is 5.82 Å². The smallest absolute Gasteiger partial charge is 0.128 e. The molecule has 0 radical (unpaired) electrons. The minimum atomic E-state index is 0.0347. The summed E-state index contributed by atoms with van der Waals surface area (Å²) in [6.45, 7) is 4.95. The van der Waals surface area contributed by atoms with Crippen LogP contribution in [0, 0.1) is 6.92 Å². The van der Waals surface area contributed by atoms with Crippen molar-refractivity contribution in [1.29, 1.82) is 0 Å². The molecule has 0 aliphatic carbocycles. The number of hydrogen-bond acceptors (Lipinski definition) is 4. The van der Waals surface area contributed by atoms with Crippen LogP contribution in [0.2, 0.25) is 0 Å². The number of nitrogens with two attached hydrogens (primary N) is 1. The van der Waals surface area contributed by atoms with Crippen LogP contribution in [0.1, 0.15) is 29.7 Å². The van der Waals surface area contributed by atoms with Crippen LogP contribution in [0.25, 0.3) is 0 Å². The fourth-order valence-electron chi connectivity index (χ4n) is 2.00. The first-order valence-corrected chi connectivity index (χ1v) is 5.70. The molecule has 2 heterocycles. The maximum absolute atomic E-state index is 5.98. The number of anilines is 1. The summed E-state index contributed by atoms with van der Waals surface area (Å²) in [5.41, 5.74) is 9.19. The Morgan fingerprint density at radius 1 is 1.47 bits per heavy atom. The van der Waals surface area contributed by atoms with Crippen molar-refractivity contribution in [1.82, 2.24) is 10.3 Å². The van der Waals surface area contributed by atoms with Gasteiger partial charge < -0.3 is 15.5 Å². The number of rotatable bonds is 4. The van der Waals surface area contributed by atoms with Crippen molar-refractivity contribution in [2.24, 2.45) is 0 Å². The lowest BCUT2D eigenvalue weighted by Gasteiger charge is -2.20. The molecule has 0 saturated heterocycles. The molecule has 90 valence electrons. The second-order valence-electron chi connectivity index (χ2n) is 3.97. The topological polar surface area (TPSA) is 64.1 Å². The third-order valence-electron chi connectivity index (χ3n) is 2.81. The fraction of sp³-hybridized carbons (Fsp3) is 0.308. The van der Waals surface area contributed by atoms with Crippen LogP contribution in [0.3, 0.4) is 0 Å². The van der Waals surface area contributed by atoms with E-state index in [1.54, 1.807) is 18.7 Å². The summed E-state index contributed by atoms with van der Waals surface area (Å²) in [4.78, 5) is 4.16. The van der Waals surface area contributed by atoms with Crippen LogP contribution < -0.4 is 11.1 Å². The molecular formula is C13H17N3O. The average Bonchev–Trinajstić information content (AvgIpc) is 2.80. The molecule has 1 atom stereocenters. The molecule has 4 nitrogen and oxygen atoms in total. The van der Waals surface area contributed by atoms with Crippen molar-refractivity contribution in [3.8, 4) is 0 Å². The number of nitrogens with one attached hydrogen (secondary N) is 1. The highest BCUT2D eigenvalue weighted by Crippen LogP contribution is 2.28. The molecule has 4 heteroatoms. The molecule has 17 heavy (non-hydrogen) atoms. The third-order valence-corrected chi connectivity index (χ3v) is 2.81. The molecule has 2 rings (SSSR count). The van der Waals surface area contributed by atoms with Gasteiger partial charge in [-0.15, -0.1) is 0 Å². The Hall–Kier alpha value is -1.81. The number of aromatic nitrogens is 1. The van der Waals surface area contributed by atoms with E-state index in [1.807, 2.05) is 19.1 Å². The number of nitrogens with zero attached hydrogens (tertiary/aromatic N) is 1. The van der Waals surface area contributed by atoms with Crippen molar-refractivity contribution in [2.45, 2.75) is 19.9 Å². The lowest BCUT2D eigenvalue weighted by atomic mass is 9.97. The van der Waals surface area contributed by atoms with Gasteiger partial charge in [-0.05, 0) is 31.2 Å². The molecule has 0 fully saturated rings. The van der Waals surface area contributed by atoms with Crippen molar-refractivity contribution in [3.05, 3.63) is 47.5 Å². The fourth-order valence-corrected chi connectivity index (χ4v) is 2.00. The number of pyridine rings is 1. The van der Waals surface area contributed by atoms with Gasteiger partial charge in [-0.2, -0.15) is 0 Å². The highest BCUT2D eigenvalue weighted by molar-refractivity contribution is 5.49. The molecule has 2 aromatic rings. The van der Waals surface area contributed by atoms with Crippen LogP contribution in [0.15, 0.2) is 35.3 Å². The van der Waals surface area contributed by atoms with Crippen LogP contribution >= 0.6 is 0 Å². The highest BCUT2D eigenvalue weighted by atomic mass is 16.3. The summed E-state index contributed by atoms with van der Waals surface area (Å²) in [6.07, 6.45) is 5.13. The Labute approximate surface area is 101 Å². The van der Waals surface area contributed by atoms with Crippen molar-refractivity contribution in [2.75, 3.05) is 12.3 Å². The monoisotopic (exact) mass is 231 g/mol. The minimum Gasteiger partial charge on any atom is -0.472 e. The zero-order chi connectivity index (χ0) is 12.3. The standard InChI is InChI=1S/C13H17N3O/c1-3-15-12(10-5-7-17-8-10)11-9(2)4-6-16-13(11)14/h4-8,12,15H,3H2,1-2H3,(H2,14,16). The maximum Gasteiger partial charge on any atom is 0.128 e. The molecule has 0 aliphatic rings. The number of hydrogen-bond donors (Lipinski definition) is 2. The van der Waals surface area contributed by atoms with Gasteiger partial charge in [0, 0.05) is 17.3 Å². The number of nitrogen functional groups attached to an aromatic ring is 1. The SMILES string of the molecule is CCNC(c1ccoc1)c1c(C)ccnc1N. The zero-order valence-electron chi connectivity index (χ0n) is 10.1. The highest BCUT2D eigenvalue weighted by Gasteiger charge is 2.19. The van der Waals surface area contributed by atoms with E-state index in [1.165, 1.54) is 0 Å². The van der Waals surface area contributed by atoms with Crippen LogP contribution in [-0.2, 0) is 0 Å². The summed E-state index contributed by atoms with van der Waals surface area (Å²) in [5, 5.41) is 3.40. The van der Waals surface area contributed by atoms with E-state index in [0.29, 0.717) is 5.82 Å². The lowest BCUT2D eigenvalue weighted by molar-refractivity contribution is 0.552. The normalized spacial score (nSPS) is 12.6. The number of aryl methyl sites for hydroxylation is 1. The van der Waals surface area contributed by atoms with Crippen LogP contribution in [-0.4, -0.2) is 11.5 Å². The Kier molecular flexibility index (Phi) is 3.44. The first kappa shape index (κ1) is 11.7. The Morgan fingerprint density at radius 3 is 2.88 bits per heavy atom. The Balaban J connectivity index is 2.46. The van der Waals surface area contributed by atoms with Crippen molar-refractivity contribution < 1.29 is 4.42 Å². The maximum atomic E-state index is 5.98. The van der Waals surface area contributed by atoms with E-state index in [9.17, 15) is 0 Å².